The highest BCUT2D eigenvalue weighted by molar-refractivity contribution is 5.97. The molecule has 0 aliphatic carbocycles. The van der Waals surface area contributed by atoms with Crippen molar-refractivity contribution in [2.24, 2.45) is 0 Å². The zero-order valence-electron chi connectivity index (χ0n) is 17.1. The normalized spacial score (nSPS) is 11.6. The summed E-state index contributed by atoms with van der Waals surface area (Å²) in [6, 6.07) is 24.0. The van der Waals surface area contributed by atoms with Crippen molar-refractivity contribution in [2.45, 2.75) is 19.0 Å². The Morgan fingerprint density at radius 2 is 1.53 bits per heavy atom. The second-order valence-electron chi connectivity index (χ2n) is 7.15. The van der Waals surface area contributed by atoms with Crippen LogP contribution in [-0.2, 0) is 16.1 Å². The van der Waals surface area contributed by atoms with Crippen LogP contribution in [0.1, 0.15) is 18.0 Å². The lowest BCUT2D eigenvalue weighted by molar-refractivity contribution is -0.126. The van der Waals surface area contributed by atoms with Gasteiger partial charge in [-0.1, -0.05) is 65.9 Å². The molecule has 1 aromatic heterocycles. The molecule has 0 unspecified atom stereocenters. The summed E-state index contributed by atoms with van der Waals surface area (Å²) in [6.07, 6.45) is -0.0329. The molecule has 0 aliphatic heterocycles. The number of nitrogens with one attached hydrogen (secondary N) is 2. The van der Waals surface area contributed by atoms with Gasteiger partial charge in [0, 0.05) is 12.1 Å². The van der Waals surface area contributed by atoms with Crippen LogP contribution >= 0.6 is 0 Å². The van der Waals surface area contributed by atoms with E-state index < -0.39 is 6.04 Å². The monoisotopic (exact) mass is 427 g/mol. The van der Waals surface area contributed by atoms with E-state index in [4.69, 9.17) is 0 Å². The average molecular weight is 427 g/mol. The molecule has 8 heteroatoms. The van der Waals surface area contributed by atoms with Crippen molar-refractivity contribution in [3.05, 3.63) is 101 Å². The molecule has 0 saturated carbocycles. The molecular formula is C24H21N5O3. The van der Waals surface area contributed by atoms with Crippen LogP contribution in [0.2, 0.25) is 0 Å². The highest BCUT2D eigenvalue weighted by atomic mass is 16.2. The van der Waals surface area contributed by atoms with Crippen LogP contribution in [0, 0.1) is 0 Å². The van der Waals surface area contributed by atoms with Crippen molar-refractivity contribution in [3.8, 4) is 0 Å². The molecule has 1 heterocycles. The molecule has 8 nitrogen and oxygen atoms in total. The third kappa shape index (κ3) is 4.86. The second-order valence-corrected chi connectivity index (χ2v) is 7.15. The SMILES string of the molecule is O=C(CCn1nnc2ccccc2c1=O)N[C@@H](C(=O)Nc1ccccc1)c1ccccc1. The van der Waals surface area contributed by atoms with E-state index in [1.165, 1.54) is 0 Å². The first-order chi connectivity index (χ1) is 15.6. The van der Waals surface area contributed by atoms with E-state index in [9.17, 15) is 14.4 Å². The molecule has 2 N–H and O–H groups in total. The summed E-state index contributed by atoms with van der Waals surface area (Å²) in [7, 11) is 0. The van der Waals surface area contributed by atoms with Crippen molar-refractivity contribution in [3.63, 3.8) is 0 Å². The van der Waals surface area contributed by atoms with Crippen LogP contribution in [-0.4, -0.2) is 26.8 Å². The number of fused-ring (bicyclic) bond motifs is 1. The highest BCUT2D eigenvalue weighted by Gasteiger charge is 2.23. The number of aryl methyl sites for hydroxylation is 1. The van der Waals surface area contributed by atoms with Gasteiger partial charge in [0.2, 0.25) is 5.91 Å². The van der Waals surface area contributed by atoms with Gasteiger partial charge in [-0.15, -0.1) is 5.10 Å². The van der Waals surface area contributed by atoms with E-state index in [0.29, 0.717) is 22.2 Å². The lowest BCUT2D eigenvalue weighted by atomic mass is 10.1. The minimum Gasteiger partial charge on any atom is -0.340 e. The molecule has 1 atom stereocenters. The number of hydrogen-bond donors (Lipinski definition) is 2. The van der Waals surface area contributed by atoms with Gasteiger partial charge < -0.3 is 10.6 Å². The quantitative estimate of drug-likeness (QED) is 0.472. The third-order valence-corrected chi connectivity index (χ3v) is 4.92. The standard InChI is InChI=1S/C24H21N5O3/c30-21(15-16-29-24(32)19-13-7-8-14-20(19)27-28-29)26-22(17-9-3-1-4-10-17)23(31)25-18-11-5-2-6-12-18/h1-14,22H,15-16H2,(H,25,31)(H,26,30)/t22-/m1/s1. The maximum absolute atomic E-state index is 12.9. The summed E-state index contributed by atoms with van der Waals surface area (Å²) in [6.45, 7) is 0.0459. The first-order valence-electron chi connectivity index (χ1n) is 10.1. The minimum absolute atomic E-state index is 0.0329. The Kier molecular flexibility index (Phi) is 6.31. The number of carbonyl (C=O) groups excluding carboxylic acids is 2. The third-order valence-electron chi connectivity index (χ3n) is 4.92. The molecule has 0 saturated heterocycles. The van der Waals surface area contributed by atoms with Gasteiger partial charge in [0.1, 0.15) is 11.6 Å². The predicted molar refractivity (Wildman–Crippen MR) is 121 cm³/mol. The van der Waals surface area contributed by atoms with Gasteiger partial charge in [0.25, 0.3) is 11.5 Å². The van der Waals surface area contributed by atoms with E-state index in [-0.39, 0.29) is 30.3 Å². The molecule has 4 aromatic rings. The lowest BCUT2D eigenvalue weighted by Crippen LogP contribution is -2.38. The van der Waals surface area contributed by atoms with Gasteiger partial charge in [-0.2, -0.15) is 0 Å². The lowest BCUT2D eigenvalue weighted by Gasteiger charge is -2.19. The van der Waals surface area contributed by atoms with Gasteiger partial charge >= 0.3 is 0 Å². The zero-order chi connectivity index (χ0) is 22.3. The van der Waals surface area contributed by atoms with Gasteiger partial charge in [0.15, 0.2) is 0 Å². The number of carbonyl (C=O) groups is 2. The first kappa shape index (κ1) is 20.9. The van der Waals surface area contributed by atoms with E-state index in [1.807, 2.05) is 24.3 Å². The fraction of sp³-hybridized carbons (Fsp3) is 0.125. The van der Waals surface area contributed by atoms with Gasteiger partial charge in [0.05, 0.1) is 11.9 Å². The number of aromatic nitrogens is 3. The minimum atomic E-state index is -0.886. The Morgan fingerprint density at radius 3 is 2.28 bits per heavy atom. The molecule has 2 amide bonds. The van der Waals surface area contributed by atoms with Crippen molar-refractivity contribution in [2.75, 3.05) is 5.32 Å². The number of benzene rings is 3. The molecule has 3 aromatic carbocycles. The fourth-order valence-corrected chi connectivity index (χ4v) is 3.29. The van der Waals surface area contributed by atoms with E-state index in [1.54, 1.807) is 60.7 Å². The van der Waals surface area contributed by atoms with Crippen LogP contribution in [0.25, 0.3) is 10.9 Å². The topological polar surface area (TPSA) is 106 Å². The number of amides is 2. The molecule has 0 radical (unpaired) electrons. The van der Waals surface area contributed by atoms with Gasteiger partial charge in [-0.3, -0.25) is 14.4 Å². The fourth-order valence-electron chi connectivity index (χ4n) is 3.29. The van der Waals surface area contributed by atoms with Crippen LogP contribution in [0.4, 0.5) is 5.69 Å². The molecule has 32 heavy (non-hydrogen) atoms. The summed E-state index contributed by atoms with van der Waals surface area (Å²) >= 11 is 0. The molecule has 0 bridgehead atoms. The summed E-state index contributed by atoms with van der Waals surface area (Å²) in [5.41, 5.74) is 1.47. The summed E-state index contributed by atoms with van der Waals surface area (Å²) in [5, 5.41) is 13.9. The number of rotatable bonds is 7. The Hall–Kier alpha value is -4.33. The van der Waals surface area contributed by atoms with E-state index in [2.05, 4.69) is 20.9 Å². The molecule has 0 spiro atoms. The van der Waals surface area contributed by atoms with Crippen molar-refractivity contribution in [1.82, 2.24) is 20.3 Å². The van der Waals surface area contributed by atoms with Crippen molar-refractivity contribution < 1.29 is 9.59 Å². The van der Waals surface area contributed by atoms with Gasteiger partial charge in [-0.05, 0) is 29.8 Å². The van der Waals surface area contributed by atoms with Crippen LogP contribution < -0.4 is 16.2 Å². The van der Waals surface area contributed by atoms with Crippen LogP contribution in [0.15, 0.2) is 89.7 Å². The summed E-state index contributed by atoms with van der Waals surface area (Å²) in [5.74, 6) is -0.748. The Labute approximate surface area is 183 Å². The predicted octanol–water partition coefficient (Wildman–Crippen LogP) is 2.68. The number of hydrogen-bond acceptors (Lipinski definition) is 5. The maximum atomic E-state index is 12.9. The smallest absolute Gasteiger partial charge is 0.277 e. The Balaban J connectivity index is 1.47. The van der Waals surface area contributed by atoms with Crippen LogP contribution in [0.3, 0.4) is 0 Å². The van der Waals surface area contributed by atoms with Crippen LogP contribution in [0.5, 0.6) is 0 Å². The Morgan fingerprint density at radius 1 is 0.875 bits per heavy atom. The maximum Gasteiger partial charge on any atom is 0.277 e. The molecule has 0 fully saturated rings. The molecule has 0 aliphatic rings. The summed E-state index contributed by atoms with van der Waals surface area (Å²) in [4.78, 5) is 38.2. The zero-order valence-corrected chi connectivity index (χ0v) is 17.1. The summed E-state index contributed by atoms with van der Waals surface area (Å²) < 4.78 is 1.16. The number of nitrogens with zero attached hydrogens (tertiary/aromatic N) is 3. The number of para-hydroxylation sites is 1. The van der Waals surface area contributed by atoms with Crippen molar-refractivity contribution >= 4 is 28.4 Å². The number of anilines is 1. The molecule has 160 valence electrons. The highest BCUT2D eigenvalue weighted by Crippen LogP contribution is 2.16. The van der Waals surface area contributed by atoms with E-state index >= 15 is 0 Å². The molecular weight excluding hydrogens is 406 g/mol. The largest absolute Gasteiger partial charge is 0.340 e. The second kappa shape index (κ2) is 9.65. The average Bonchev–Trinajstić information content (AvgIpc) is 2.83. The first-order valence-corrected chi connectivity index (χ1v) is 10.1. The van der Waals surface area contributed by atoms with Gasteiger partial charge in [-0.25, -0.2) is 4.68 Å². The molecule has 4 rings (SSSR count). The van der Waals surface area contributed by atoms with E-state index in [0.717, 1.165) is 4.68 Å². The Bertz CT molecular complexity index is 1290. The van der Waals surface area contributed by atoms with Crippen molar-refractivity contribution in [1.29, 1.82) is 0 Å².